The van der Waals surface area contributed by atoms with Crippen LogP contribution in [0.15, 0.2) is 60.7 Å². The molecule has 0 bridgehead atoms. The van der Waals surface area contributed by atoms with Gasteiger partial charge in [0, 0.05) is 5.56 Å². The third-order valence-electron chi connectivity index (χ3n) is 2.74. The molecule has 18 heavy (non-hydrogen) atoms. The van der Waals surface area contributed by atoms with Gasteiger partial charge >= 0.3 is 0 Å². The van der Waals surface area contributed by atoms with E-state index in [1.807, 2.05) is 18.2 Å². The predicted octanol–water partition coefficient (Wildman–Crippen LogP) is 3.09. The van der Waals surface area contributed by atoms with Gasteiger partial charge in [0.2, 0.25) is 0 Å². The van der Waals surface area contributed by atoms with Gasteiger partial charge in [0.15, 0.2) is 0 Å². The van der Waals surface area contributed by atoms with E-state index in [0.29, 0.717) is 9.52 Å². The van der Waals surface area contributed by atoms with E-state index >= 15 is 0 Å². The van der Waals surface area contributed by atoms with Gasteiger partial charge in [-0.2, -0.15) is 0 Å². The van der Waals surface area contributed by atoms with Gasteiger partial charge in [-0.3, -0.25) is 0 Å². The highest BCUT2D eigenvalue weighted by atomic mass is 28.2. The molecule has 0 amide bonds. The molecule has 0 aromatic heterocycles. The summed E-state index contributed by atoms with van der Waals surface area (Å²) in [4.78, 5) is 0. The molecule has 1 nitrogen and oxygen atoms in total. The molecule has 0 aliphatic carbocycles. The smallest absolute Gasteiger partial charge is 0.125 e. The van der Waals surface area contributed by atoms with Gasteiger partial charge in [-0.25, -0.2) is 0 Å². The van der Waals surface area contributed by atoms with E-state index in [1.54, 1.807) is 7.11 Å². The molecular formula is C16H16OSi. The number of ether oxygens (including phenoxy) is 1. The molecule has 2 rings (SSSR count). The lowest BCUT2D eigenvalue weighted by atomic mass is 10.2. The summed E-state index contributed by atoms with van der Waals surface area (Å²) in [5.74, 6) is 0.939. The summed E-state index contributed by atoms with van der Waals surface area (Å²) in [6.45, 7) is 2.08. The lowest BCUT2D eigenvalue weighted by Gasteiger charge is -2.11. The van der Waals surface area contributed by atoms with Crippen LogP contribution in [0.25, 0.3) is 5.20 Å². The summed E-state index contributed by atoms with van der Waals surface area (Å²) >= 11 is 0. The van der Waals surface area contributed by atoms with Crippen LogP contribution in [0.2, 0.25) is 0 Å². The fourth-order valence-electron chi connectivity index (χ4n) is 1.84. The second kappa shape index (κ2) is 6.22. The average molecular weight is 252 g/mol. The maximum Gasteiger partial charge on any atom is 0.125 e. The first-order valence-corrected chi connectivity index (χ1v) is 6.97. The summed E-state index contributed by atoms with van der Waals surface area (Å²) < 4.78 is 5.43. The predicted molar refractivity (Wildman–Crippen MR) is 78.5 cm³/mol. The standard InChI is InChI=1S/C16H16OSi/c1-3-16(18-13-9-5-4-6-10-13)14-11-7-8-12-15(14)17-2/h3-12H,1-2H3/b16-3+. The van der Waals surface area contributed by atoms with Crippen molar-refractivity contribution < 1.29 is 4.74 Å². The number of para-hydroxylation sites is 1. The molecule has 2 radical (unpaired) electrons. The Morgan fingerprint density at radius 3 is 2.33 bits per heavy atom. The van der Waals surface area contributed by atoms with Crippen molar-refractivity contribution in [3.05, 3.63) is 66.2 Å². The molecule has 0 aliphatic heterocycles. The number of allylic oxidation sites excluding steroid dienone is 1. The van der Waals surface area contributed by atoms with E-state index in [-0.39, 0.29) is 0 Å². The van der Waals surface area contributed by atoms with Crippen molar-refractivity contribution in [2.75, 3.05) is 7.11 Å². The van der Waals surface area contributed by atoms with Crippen molar-refractivity contribution >= 4 is 19.9 Å². The zero-order chi connectivity index (χ0) is 12.8. The minimum absolute atomic E-state index is 0.654. The summed E-state index contributed by atoms with van der Waals surface area (Å²) in [7, 11) is 2.37. The molecule has 0 saturated heterocycles. The molecule has 0 unspecified atom stereocenters. The first-order chi connectivity index (χ1) is 8.85. The highest BCUT2D eigenvalue weighted by Crippen LogP contribution is 2.24. The van der Waals surface area contributed by atoms with Gasteiger partial charge in [0.25, 0.3) is 0 Å². The monoisotopic (exact) mass is 252 g/mol. The zero-order valence-corrected chi connectivity index (χ0v) is 11.7. The molecule has 0 spiro atoms. The average Bonchev–Trinajstić information content (AvgIpc) is 2.46. The van der Waals surface area contributed by atoms with Crippen molar-refractivity contribution in [1.29, 1.82) is 0 Å². The van der Waals surface area contributed by atoms with Crippen molar-refractivity contribution in [2.24, 2.45) is 0 Å². The second-order valence-corrected chi connectivity index (χ2v) is 5.26. The Labute approximate surface area is 111 Å². The maximum atomic E-state index is 5.43. The third kappa shape index (κ3) is 2.90. The molecular weight excluding hydrogens is 236 g/mol. The van der Waals surface area contributed by atoms with E-state index in [2.05, 4.69) is 49.4 Å². The Balaban J connectivity index is 2.30. The van der Waals surface area contributed by atoms with Crippen LogP contribution in [0, 0.1) is 0 Å². The Kier molecular flexibility index (Phi) is 4.37. The van der Waals surface area contributed by atoms with Gasteiger partial charge in [0.05, 0.1) is 7.11 Å². The third-order valence-corrected chi connectivity index (χ3v) is 4.19. The van der Waals surface area contributed by atoms with Crippen LogP contribution in [-0.2, 0) is 0 Å². The van der Waals surface area contributed by atoms with Gasteiger partial charge in [-0.1, -0.05) is 65.0 Å². The number of hydrogen-bond donors (Lipinski definition) is 0. The van der Waals surface area contributed by atoms with Gasteiger partial charge in [0.1, 0.15) is 15.3 Å². The summed E-state index contributed by atoms with van der Waals surface area (Å²) in [5.41, 5.74) is 1.18. The first kappa shape index (κ1) is 12.6. The molecule has 0 fully saturated rings. The normalized spacial score (nSPS) is 11.3. The Hall–Kier alpha value is -1.80. The van der Waals surface area contributed by atoms with E-state index < -0.39 is 0 Å². The minimum atomic E-state index is 0.654. The van der Waals surface area contributed by atoms with Crippen molar-refractivity contribution in [3.63, 3.8) is 0 Å². The molecule has 0 atom stereocenters. The quantitative estimate of drug-likeness (QED) is 0.760. The van der Waals surface area contributed by atoms with E-state index in [9.17, 15) is 0 Å². The molecule has 0 heterocycles. The number of rotatable bonds is 4. The highest BCUT2D eigenvalue weighted by molar-refractivity contribution is 6.73. The summed E-state index contributed by atoms with van der Waals surface area (Å²) in [6, 6.07) is 18.7. The minimum Gasteiger partial charge on any atom is -0.496 e. The molecule has 2 aromatic rings. The topological polar surface area (TPSA) is 9.23 Å². The fraction of sp³-hybridized carbons (Fsp3) is 0.125. The molecule has 0 aliphatic rings. The van der Waals surface area contributed by atoms with Crippen molar-refractivity contribution in [3.8, 4) is 5.75 Å². The van der Waals surface area contributed by atoms with Crippen LogP contribution in [0.4, 0.5) is 0 Å². The first-order valence-electron chi connectivity index (χ1n) is 5.97. The number of benzene rings is 2. The second-order valence-electron chi connectivity index (χ2n) is 3.89. The number of methoxy groups -OCH3 is 1. The SMILES string of the molecule is C/C=C(/[Si]c1ccccc1)c1ccccc1OC. The molecule has 0 N–H and O–H groups in total. The highest BCUT2D eigenvalue weighted by Gasteiger charge is 2.08. The number of hydrogen-bond acceptors (Lipinski definition) is 1. The summed E-state index contributed by atoms with van der Waals surface area (Å²) in [5, 5.41) is 2.66. The Morgan fingerprint density at radius 1 is 1.00 bits per heavy atom. The zero-order valence-electron chi connectivity index (χ0n) is 10.7. The lowest BCUT2D eigenvalue weighted by Crippen LogP contribution is -2.15. The lowest BCUT2D eigenvalue weighted by molar-refractivity contribution is 0.413. The molecule has 90 valence electrons. The van der Waals surface area contributed by atoms with Gasteiger partial charge in [-0.15, -0.1) is 0 Å². The van der Waals surface area contributed by atoms with Crippen LogP contribution in [-0.4, -0.2) is 16.6 Å². The van der Waals surface area contributed by atoms with Crippen LogP contribution in [0.1, 0.15) is 12.5 Å². The van der Waals surface area contributed by atoms with Crippen LogP contribution in [0.5, 0.6) is 5.75 Å². The maximum absolute atomic E-state index is 5.43. The van der Waals surface area contributed by atoms with Gasteiger partial charge in [-0.05, 0) is 13.0 Å². The van der Waals surface area contributed by atoms with Crippen LogP contribution >= 0.6 is 0 Å². The molecule has 2 heteroatoms. The van der Waals surface area contributed by atoms with Crippen LogP contribution in [0.3, 0.4) is 0 Å². The van der Waals surface area contributed by atoms with E-state index in [0.717, 1.165) is 5.75 Å². The molecule has 2 aromatic carbocycles. The van der Waals surface area contributed by atoms with Crippen molar-refractivity contribution in [1.82, 2.24) is 0 Å². The largest absolute Gasteiger partial charge is 0.496 e. The van der Waals surface area contributed by atoms with Gasteiger partial charge < -0.3 is 4.74 Å². The van der Waals surface area contributed by atoms with E-state index in [1.165, 1.54) is 15.9 Å². The van der Waals surface area contributed by atoms with Crippen LogP contribution < -0.4 is 9.92 Å². The Bertz CT molecular complexity index is 532. The Morgan fingerprint density at radius 2 is 1.67 bits per heavy atom. The fourth-order valence-corrected chi connectivity index (χ4v) is 2.99. The van der Waals surface area contributed by atoms with Crippen molar-refractivity contribution in [2.45, 2.75) is 6.92 Å². The van der Waals surface area contributed by atoms with E-state index in [4.69, 9.17) is 4.74 Å². The molecule has 0 saturated carbocycles. The summed E-state index contributed by atoms with van der Waals surface area (Å²) in [6.07, 6.45) is 2.17.